The number of nitrogens with zero attached hydrogens (tertiary/aromatic N) is 1. The molecule has 2 heterocycles. The van der Waals surface area contributed by atoms with Gasteiger partial charge in [-0.2, -0.15) is 0 Å². The van der Waals surface area contributed by atoms with E-state index in [0.717, 1.165) is 37.6 Å². The first-order valence-electron chi connectivity index (χ1n) is 9.06. The van der Waals surface area contributed by atoms with Crippen molar-refractivity contribution in [3.8, 4) is 5.75 Å². The Labute approximate surface area is 145 Å². The number of hydrogen-bond acceptors (Lipinski definition) is 3. The third kappa shape index (κ3) is 4.35. The quantitative estimate of drug-likeness (QED) is 0.870. The zero-order valence-electron chi connectivity index (χ0n) is 14.7. The highest BCUT2D eigenvalue weighted by molar-refractivity contribution is 5.27. The standard InChI is InChI=1S/C21H28N2O/c1-16(2)13-20-21(9-6-11-23-20)24-15-18-14-22-12-10-19(18)17-7-4-3-5-8-17/h3-9,11,16,18-19,22H,10,12-15H2,1-2H3. The summed E-state index contributed by atoms with van der Waals surface area (Å²) in [5.74, 6) is 2.59. The lowest BCUT2D eigenvalue weighted by Crippen LogP contribution is -2.38. The lowest BCUT2D eigenvalue weighted by atomic mass is 9.81. The van der Waals surface area contributed by atoms with Gasteiger partial charge in [-0.05, 0) is 48.9 Å². The molecule has 0 spiro atoms. The summed E-state index contributed by atoms with van der Waals surface area (Å²) in [7, 11) is 0. The highest BCUT2D eigenvalue weighted by atomic mass is 16.5. The maximum atomic E-state index is 6.23. The Kier molecular flexibility index (Phi) is 5.86. The molecule has 1 aromatic heterocycles. The molecule has 1 aliphatic rings. The van der Waals surface area contributed by atoms with E-state index in [4.69, 9.17) is 4.74 Å². The van der Waals surface area contributed by atoms with Gasteiger partial charge in [-0.1, -0.05) is 44.2 Å². The van der Waals surface area contributed by atoms with Crippen molar-refractivity contribution in [2.45, 2.75) is 32.6 Å². The van der Waals surface area contributed by atoms with E-state index in [1.165, 1.54) is 12.0 Å². The number of hydrogen-bond donors (Lipinski definition) is 1. The van der Waals surface area contributed by atoms with Gasteiger partial charge < -0.3 is 10.1 Å². The van der Waals surface area contributed by atoms with Crippen LogP contribution in [0.4, 0.5) is 0 Å². The minimum atomic E-state index is 0.494. The van der Waals surface area contributed by atoms with Gasteiger partial charge in [0.2, 0.25) is 0 Å². The van der Waals surface area contributed by atoms with Crippen LogP contribution in [0.2, 0.25) is 0 Å². The fraction of sp³-hybridized carbons (Fsp3) is 0.476. The molecule has 0 bridgehead atoms. The van der Waals surface area contributed by atoms with Gasteiger partial charge in [0.25, 0.3) is 0 Å². The monoisotopic (exact) mass is 324 g/mol. The van der Waals surface area contributed by atoms with Crippen LogP contribution in [0.15, 0.2) is 48.7 Å². The van der Waals surface area contributed by atoms with E-state index in [1.807, 2.05) is 12.3 Å². The van der Waals surface area contributed by atoms with Crippen LogP contribution >= 0.6 is 0 Å². The number of ether oxygens (including phenoxy) is 1. The third-order valence-electron chi connectivity index (χ3n) is 4.74. The van der Waals surface area contributed by atoms with E-state index < -0.39 is 0 Å². The molecular weight excluding hydrogens is 296 g/mol. The first kappa shape index (κ1) is 17.0. The molecule has 3 heteroatoms. The molecule has 0 aliphatic carbocycles. The molecule has 0 radical (unpaired) electrons. The van der Waals surface area contributed by atoms with Crippen LogP contribution in [-0.4, -0.2) is 24.7 Å². The van der Waals surface area contributed by atoms with Gasteiger partial charge >= 0.3 is 0 Å². The zero-order valence-corrected chi connectivity index (χ0v) is 14.7. The summed E-state index contributed by atoms with van der Waals surface area (Å²) in [6.07, 6.45) is 3.99. The van der Waals surface area contributed by atoms with Gasteiger partial charge in [0.1, 0.15) is 5.75 Å². The van der Waals surface area contributed by atoms with Crippen molar-refractivity contribution in [1.82, 2.24) is 10.3 Å². The average Bonchev–Trinajstić information content (AvgIpc) is 2.61. The number of aromatic nitrogens is 1. The Morgan fingerprint density at radius 3 is 2.79 bits per heavy atom. The van der Waals surface area contributed by atoms with Gasteiger partial charge in [-0.3, -0.25) is 4.98 Å². The molecule has 3 rings (SSSR count). The molecule has 3 nitrogen and oxygen atoms in total. The van der Waals surface area contributed by atoms with E-state index >= 15 is 0 Å². The predicted octanol–water partition coefficient (Wildman–Crippen LogP) is 4.05. The summed E-state index contributed by atoms with van der Waals surface area (Å²) < 4.78 is 6.23. The van der Waals surface area contributed by atoms with Crippen molar-refractivity contribution >= 4 is 0 Å². The Balaban J connectivity index is 1.69. The fourth-order valence-electron chi connectivity index (χ4n) is 3.53. The fourth-order valence-corrected chi connectivity index (χ4v) is 3.53. The highest BCUT2D eigenvalue weighted by Gasteiger charge is 2.27. The Bertz CT molecular complexity index is 627. The summed E-state index contributed by atoms with van der Waals surface area (Å²) in [6, 6.07) is 14.9. The molecule has 0 amide bonds. The number of nitrogens with one attached hydrogen (secondary N) is 1. The minimum absolute atomic E-state index is 0.494. The SMILES string of the molecule is CC(C)Cc1ncccc1OCC1CNCCC1c1ccccc1. The molecular formula is C21H28N2O. The molecule has 2 unspecified atom stereocenters. The van der Waals surface area contributed by atoms with Crippen LogP contribution in [0.5, 0.6) is 5.75 Å². The largest absolute Gasteiger partial charge is 0.491 e. The van der Waals surface area contributed by atoms with E-state index in [1.54, 1.807) is 0 Å². The third-order valence-corrected chi connectivity index (χ3v) is 4.74. The van der Waals surface area contributed by atoms with Gasteiger partial charge in [0, 0.05) is 18.7 Å². The molecule has 1 fully saturated rings. The van der Waals surface area contributed by atoms with Crippen molar-refractivity contribution in [3.63, 3.8) is 0 Å². The summed E-state index contributed by atoms with van der Waals surface area (Å²) >= 11 is 0. The number of piperidine rings is 1. The van der Waals surface area contributed by atoms with Gasteiger partial charge in [0.05, 0.1) is 12.3 Å². The maximum absolute atomic E-state index is 6.23. The summed E-state index contributed by atoms with van der Waals surface area (Å²) in [5, 5.41) is 3.52. The zero-order chi connectivity index (χ0) is 16.8. The number of benzene rings is 1. The van der Waals surface area contributed by atoms with Crippen LogP contribution < -0.4 is 10.1 Å². The summed E-state index contributed by atoms with van der Waals surface area (Å²) in [6.45, 7) is 7.27. The van der Waals surface area contributed by atoms with E-state index in [-0.39, 0.29) is 0 Å². The van der Waals surface area contributed by atoms with Gasteiger partial charge in [0.15, 0.2) is 0 Å². The first-order chi connectivity index (χ1) is 11.7. The average molecular weight is 324 g/mol. The Morgan fingerprint density at radius 2 is 2.00 bits per heavy atom. The van der Waals surface area contributed by atoms with Gasteiger partial charge in [-0.15, -0.1) is 0 Å². The Hall–Kier alpha value is -1.87. The second-order valence-electron chi connectivity index (χ2n) is 7.13. The molecule has 128 valence electrons. The van der Waals surface area contributed by atoms with Gasteiger partial charge in [-0.25, -0.2) is 0 Å². The van der Waals surface area contributed by atoms with Crippen LogP contribution in [0.25, 0.3) is 0 Å². The van der Waals surface area contributed by atoms with Crippen molar-refractivity contribution in [2.24, 2.45) is 11.8 Å². The van der Waals surface area contributed by atoms with E-state index in [2.05, 4.69) is 60.5 Å². The second kappa shape index (κ2) is 8.29. The molecule has 24 heavy (non-hydrogen) atoms. The highest BCUT2D eigenvalue weighted by Crippen LogP contribution is 2.31. The lowest BCUT2D eigenvalue weighted by molar-refractivity contribution is 0.194. The maximum Gasteiger partial charge on any atom is 0.140 e. The molecule has 1 aliphatic heterocycles. The Morgan fingerprint density at radius 1 is 1.17 bits per heavy atom. The van der Waals surface area contributed by atoms with Crippen molar-refractivity contribution in [3.05, 3.63) is 59.9 Å². The number of pyridine rings is 1. The molecule has 1 N–H and O–H groups in total. The smallest absolute Gasteiger partial charge is 0.140 e. The van der Waals surface area contributed by atoms with Crippen LogP contribution in [0.1, 0.15) is 37.4 Å². The molecule has 0 saturated carbocycles. The van der Waals surface area contributed by atoms with Crippen LogP contribution in [0.3, 0.4) is 0 Å². The van der Waals surface area contributed by atoms with Crippen LogP contribution in [-0.2, 0) is 6.42 Å². The molecule has 2 atom stereocenters. The summed E-state index contributed by atoms with van der Waals surface area (Å²) in [5.41, 5.74) is 2.51. The van der Waals surface area contributed by atoms with Crippen molar-refractivity contribution in [2.75, 3.05) is 19.7 Å². The first-order valence-corrected chi connectivity index (χ1v) is 9.06. The van der Waals surface area contributed by atoms with Crippen LogP contribution in [0, 0.1) is 11.8 Å². The molecule has 1 aromatic carbocycles. The topological polar surface area (TPSA) is 34.1 Å². The summed E-state index contributed by atoms with van der Waals surface area (Å²) in [4.78, 5) is 4.52. The molecule has 2 aromatic rings. The van der Waals surface area contributed by atoms with E-state index in [9.17, 15) is 0 Å². The molecule has 1 saturated heterocycles. The lowest BCUT2D eigenvalue weighted by Gasteiger charge is -2.32. The number of rotatable bonds is 6. The predicted molar refractivity (Wildman–Crippen MR) is 98.4 cm³/mol. The van der Waals surface area contributed by atoms with E-state index in [0.29, 0.717) is 17.8 Å². The minimum Gasteiger partial charge on any atom is -0.491 e. The normalized spacial score (nSPS) is 21.0. The van der Waals surface area contributed by atoms with Crippen molar-refractivity contribution in [1.29, 1.82) is 0 Å². The van der Waals surface area contributed by atoms with Crippen molar-refractivity contribution < 1.29 is 4.74 Å². The second-order valence-corrected chi connectivity index (χ2v) is 7.13.